The molecule has 28 heavy (non-hydrogen) atoms. The Morgan fingerprint density at radius 3 is 2.57 bits per heavy atom. The zero-order valence-electron chi connectivity index (χ0n) is 17.2. The third kappa shape index (κ3) is 6.33. The van der Waals surface area contributed by atoms with E-state index in [0.29, 0.717) is 12.5 Å². The van der Waals surface area contributed by atoms with Crippen molar-refractivity contribution in [2.45, 2.75) is 19.0 Å². The summed E-state index contributed by atoms with van der Waals surface area (Å²) in [7, 11) is 9.12. The number of guanidine groups is 1. The van der Waals surface area contributed by atoms with Crippen LogP contribution in [-0.2, 0) is 7.05 Å². The first-order chi connectivity index (χ1) is 12.8. The van der Waals surface area contributed by atoms with E-state index in [9.17, 15) is 4.39 Å². The van der Waals surface area contributed by atoms with E-state index in [4.69, 9.17) is 4.74 Å². The minimum atomic E-state index is -0.379. The van der Waals surface area contributed by atoms with Crippen LogP contribution in [0.25, 0.3) is 0 Å². The molecule has 0 aliphatic rings. The lowest BCUT2D eigenvalue weighted by Gasteiger charge is -2.25. The molecule has 0 aliphatic carbocycles. The topological polar surface area (TPSA) is 66.7 Å². The molecular formula is C19H30FIN6O. The molecule has 9 heteroatoms. The Balaban J connectivity index is 0.00000392. The smallest absolute Gasteiger partial charge is 0.191 e. The fraction of sp³-hybridized carbons (Fsp3) is 0.474. The quantitative estimate of drug-likeness (QED) is 0.345. The molecule has 0 fully saturated rings. The lowest BCUT2D eigenvalue weighted by atomic mass is 10.1. The first-order valence-corrected chi connectivity index (χ1v) is 8.81. The number of aryl methyl sites for hydroxylation is 1. The average molecular weight is 504 g/mol. The summed E-state index contributed by atoms with van der Waals surface area (Å²) in [6.45, 7) is 2.61. The van der Waals surface area contributed by atoms with Crippen LogP contribution < -0.4 is 15.4 Å². The molecule has 0 radical (unpaired) electrons. The van der Waals surface area contributed by atoms with Gasteiger partial charge in [-0.3, -0.25) is 9.67 Å². The van der Waals surface area contributed by atoms with Gasteiger partial charge in [0.2, 0.25) is 0 Å². The third-order valence-electron chi connectivity index (χ3n) is 4.45. The largest absolute Gasteiger partial charge is 0.494 e. The molecule has 2 unspecified atom stereocenters. The molecular weight excluding hydrogens is 474 g/mol. The van der Waals surface area contributed by atoms with Gasteiger partial charge in [0.15, 0.2) is 17.5 Å². The molecule has 156 valence electrons. The summed E-state index contributed by atoms with van der Waals surface area (Å²) in [6.07, 6.45) is 3.87. The molecule has 0 aliphatic heterocycles. The monoisotopic (exact) mass is 504 g/mol. The Bertz CT molecular complexity index is 780. The molecule has 1 heterocycles. The Morgan fingerprint density at radius 1 is 1.36 bits per heavy atom. The Labute approximate surface area is 183 Å². The highest BCUT2D eigenvalue weighted by molar-refractivity contribution is 14.0. The summed E-state index contributed by atoms with van der Waals surface area (Å²) in [5, 5.41) is 10.9. The van der Waals surface area contributed by atoms with Crippen molar-refractivity contribution < 1.29 is 9.13 Å². The lowest BCUT2D eigenvalue weighted by molar-refractivity contribution is 0.298. The summed E-state index contributed by atoms with van der Waals surface area (Å²) in [5.74, 6) is 0.504. The van der Waals surface area contributed by atoms with Crippen LogP contribution in [0.3, 0.4) is 0 Å². The minimum absolute atomic E-state index is 0. The van der Waals surface area contributed by atoms with Crippen LogP contribution >= 0.6 is 24.0 Å². The number of nitrogens with zero attached hydrogens (tertiary/aromatic N) is 4. The number of aromatic nitrogens is 2. The summed E-state index contributed by atoms with van der Waals surface area (Å²) in [6, 6.07) is 4.97. The molecule has 0 bridgehead atoms. The fourth-order valence-electron chi connectivity index (χ4n) is 2.84. The van der Waals surface area contributed by atoms with Crippen LogP contribution in [0.5, 0.6) is 5.75 Å². The van der Waals surface area contributed by atoms with Gasteiger partial charge in [-0.25, -0.2) is 4.39 Å². The van der Waals surface area contributed by atoms with E-state index in [1.807, 2.05) is 46.5 Å². The normalized spacial score (nSPS) is 13.6. The van der Waals surface area contributed by atoms with Crippen LogP contribution in [-0.4, -0.2) is 55.4 Å². The highest BCUT2D eigenvalue weighted by Crippen LogP contribution is 2.21. The Morgan fingerprint density at radius 2 is 2.07 bits per heavy atom. The zero-order valence-corrected chi connectivity index (χ0v) is 19.6. The van der Waals surface area contributed by atoms with E-state index in [0.717, 1.165) is 11.1 Å². The fourth-order valence-corrected chi connectivity index (χ4v) is 2.84. The van der Waals surface area contributed by atoms with Crippen molar-refractivity contribution in [3.05, 3.63) is 47.5 Å². The Hall–Kier alpha value is -1.88. The molecule has 0 saturated heterocycles. The first kappa shape index (κ1) is 24.2. The highest BCUT2D eigenvalue weighted by Gasteiger charge is 2.17. The highest BCUT2D eigenvalue weighted by atomic mass is 127. The van der Waals surface area contributed by atoms with Crippen molar-refractivity contribution in [2.24, 2.45) is 12.0 Å². The molecule has 2 aromatic rings. The second-order valence-corrected chi connectivity index (χ2v) is 6.64. The number of hydrogen-bond donors (Lipinski definition) is 2. The van der Waals surface area contributed by atoms with Gasteiger partial charge in [0, 0.05) is 32.4 Å². The van der Waals surface area contributed by atoms with Crippen molar-refractivity contribution in [1.29, 1.82) is 0 Å². The standard InChI is InChI=1S/C19H29FN6O.HI/c1-13(14-7-8-18(27-6)16(20)9-14)24-19(21-2)22-11-17(25(3)4)15-10-23-26(5)12-15;/h7-10,12-13,17H,11H2,1-6H3,(H2,21,22,24);1H. The van der Waals surface area contributed by atoms with E-state index in [2.05, 4.69) is 25.6 Å². The minimum Gasteiger partial charge on any atom is -0.494 e. The summed E-state index contributed by atoms with van der Waals surface area (Å²) < 4.78 is 20.7. The number of hydrogen-bond acceptors (Lipinski definition) is 4. The van der Waals surface area contributed by atoms with Gasteiger partial charge >= 0.3 is 0 Å². The number of methoxy groups -OCH3 is 1. The average Bonchev–Trinajstić information content (AvgIpc) is 3.06. The van der Waals surface area contributed by atoms with Crippen molar-refractivity contribution in [3.63, 3.8) is 0 Å². The van der Waals surface area contributed by atoms with Gasteiger partial charge in [-0.05, 0) is 38.7 Å². The van der Waals surface area contributed by atoms with E-state index < -0.39 is 0 Å². The molecule has 1 aromatic heterocycles. The van der Waals surface area contributed by atoms with Crippen LogP contribution in [0, 0.1) is 5.82 Å². The van der Waals surface area contributed by atoms with Gasteiger partial charge in [-0.2, -0.15) is 5.10 Å². The van der Waals surface area contributed by atoms with E-state index in [1.165, 1.54) is 13.2 Å². The summed E-state index contributed by atoms with van der Waals surface area (Å²) in [5.41, 5.74) is 1.93. The molecule has 0 amide bonds. The van der Waals surface area contributed by atoms with Crippen molar-refractivity contribution in [2.75, 3.05) is 34.8 Å². The molecule has 1 aromatic carbocycles. The maximum atomic E-state index is 14.0. The summed E-state index contributed by atoms with van der Waals surface area (Å²) in [4.78, 5) is 6.40. The van der Waals surface area contributed by atoms with Gasteiger partial charge in [0.25, 0.3) is 0 Å². The predicted octanol–water partition coefficient (Wildman–Crippen LogP) is 2.71. The second-order valence-electron chi connectivity index (χ2n) is 6.64. The number of nitrogens with one attached hydrogen (secondary N) is 2. The van der Waals surface area contributed by atoms with Gasteiger partial charge in [0.05, 0.1) is 25.4 Å². The number of aliphatic imine (C=N–C) groups is 1. The van der Waals surface area contributed by atoms with E-state index >= 15 is 0 Å². The molecule has 2 atom stereocenters. The second kappa shape index (κ2) is 11.2. The van der Waals surface area contributed by atoms with E-state index in [-0.39, 0.29) is 47.6 Å². The van der Waals surface area contributed by atoms with Gasteiger partial charge in [-0.1, -0.05) is 6.07 Å². The zero-order chi connectivity index (χ0) is 20.0. The molecule has 0 saturated carbocycles. The molecule has 0 spiro atoms. The van der Waals surface area contributed by atoms with Crippen molar-refractivity contribution in [3.8, 4) is 5.75 Å². The van der Waals surface area contributed by atoms with Crippen LogP contribution in [0.2, 0.25) is 0 Å². The van der Waals surface area contributed by atoms with Crippen LogP contribution in [0.15, 0.2) is 35.6 Å². The number of halogens is 2. The van der Waals surface area contributed by atoms with Gasteiger partial charge in [-0.15, -0.1) is 24.0 Å². The molecule has 7 nitrogen and oxygen atoms in total. The number of likely N-dealkylation sites (N-methyl/N-ethyl adjacent to an activating group) is 1. The molecule has 2 N–H and O–H groups in total. The molecule has 2 rings (SSSR count). The van der Waals surface area contributed by atoms with Crippen molar-refractivity contribution >= 4 is 29.9 Å². The predicted molar refractivity (Wildman–Crippen MR) is 121 cm³/mol. The summed E-state index contributed by atoms with van der Waals surface area (Å²) >= 11 is 0. The first-order valence-electron chi connectivity index (χ1n) is 8.81. The maximum Gasteiger partial charge on any atom is 0.191 e. The van der Waals surface area contributed by atoms with E-state index in [1.54, 1.807) is 17.8 Å². The number of rotatable bonds is 7. The SMILES string of the molecule is CN=C(NCC(c1cnn(C)c1)N(C)C)NC(C)c1ccc(OC)c(F)c1.I. The number of ether oxygens (including phenoxy) is 1. The Kier molecular flexibility index (Phi) is 9.66. The van der Waals surface area contributed by atoms with Crippen LogP contribution in [0.1, 0.15) is 30.1 Å². The third-order valence-corrected chi connectivity index (χ3v) is 4.45. The van der Waals surface area contributed by atoms with Crippen molar-refractivity contribution in [1.82, 2.24) is 25.3 Å². The lowest BCUT2D eigenvalue weighted by Crippen LogP contribution is -2.42. The van der Waals surface area contributed by atoms with Gasteiger partial charge < -0.3 is 20.3 Å². The maximum absolute atomic E-state index is 14.0. The number of benzene rings is 1. The van der Waals surface area contributed by atoms with Gasteiger partial charge in [0.1, 0.15) is 0 Å². The van der Waals surface area contributed by atoms with Crippen LogP contribution in [0.4, 0.5) is 4.39 Å².